The number of H-pyrrole nitrogens is 1. The molecule has 5 nitrogen and oxygen atoms in total. The third-order valence-corrected chi connectivity index (χ3v) is 4.80. The summed E-state index contributed by atoms with van der Waals surface area (Å²) < 4.78 is 1.81. The van der Waals surface area contributed by atoms with E-state index >= 15 is 0 Å². The van der Waals surface area contributed by atoms with Crippen LogP contribution in [-0.4, -0.2) is 22.0 Å². The van der Waals surface area contributed by atoms with Gasteiger partial charge in [-0.3, -0.25) is 14.2 Å². The monoisotopic (exact) mass is 375 g/mol. The first kappa shape index (κ1) is 20.4. The van der Waals surface area contributed by atoms with E-state index in [9.17, 15) is 9.59 Å². The zero-order valence-corrected chi connectivity index (χ0v) is 16.5. The van der Waals surface area contributed by atoms with Crippen molar-refractivity contribution in [2.24, 2.45) is 5.92 Å². The fraction of sp³-hybridized carbons (Fsp3) is 0.550. The molecule has 6 heteroatoms. The van der Waals surface area contributed by atoms with Crippen molar-refractivity contribution in [1.29, 1.82) is 0 Å². The molecule has 0 aliphatic rings. The first-order valence-corrected chi connectivity index (χ1v) is 9.88. The Morgan fingerprint density at radius 1 is 1.19 bits per heavy atom. The highest BCUT2D eigenvalue weighted by molar-refractivity contribution is 7.71. The molecule has 1 aromatic heterocycles. The van der Waals surface area contributed by atoms with Crippen LogP contribution in [0.5, 0.6) is 0 Å². The van der Waals surface area contributed by atoms with Gasteiger partial charge in [0.05, 0.1) is 10.9 Å². The van der Waals surface area contributed by atoms with Gasteiger partial charge in [0.2, 0.25) is 5.91 Å². The Labute approximate surface area is 159 Å². The molecule has 0 unspecified atom stereocenters. The number of para-hydroxylation sites is 1. The predicted octanol–water partition coefficient (Wildman–Crippen LogP) is 4.17. The minimum absolute atomic E-state index is 0.0401. The summed E-state index contributed by atoms with van der Waals surface area (Å²) in [7, 11) is 0. The number of benzene rings is 1. The van der Waals surface area contributed by atoms with Gasteiger partial charge < -0.3 is 10.3 Å². The molecule has 0 saturated carbocycles. The maximum atomic E-state index is 12.5. The molecular formula is C20H29N3O2S. The van der Waals surface area contributed by atoms with Gasteiger partial charge >= 0.3 is 0 Å². The summed E-state index contributed by atoms with van der Waals surface area (Å²) in [5, 5.41) is 3.52. The lowest BCUT2D eigenvalue weighted by atomic mass is 10.0. The molecule has 0 fully saturated rings. The van der Waals surface area contributed by atoms with Crippen molar-refractivity contribution in [2.75, 3.05) is 6.54 Å². The number of nitrogens with one attached hydrogen (secondary N) is 2. The second-order valence-electron chi connectivity index (χ2n) is 7.13. The molecule has 0 radical (unpaired) electrons. The molecule has 2 aromatic rings. The third kappa shape index (κ3) is 6.09. The number of hydrogen-bond acceptors (Lipinski definition) is 3. The average molecular weight is 376 g/mol. The van der Waals surface area contributed by atoms with Crippen LogP contribution in [0.25, 0.3) is 10.9 Å². The highest BCUT2D eigenvalue weighted by Gasteiger charge is 2.07. The highest BCUT2D eigenvalue weighted by atomic mass is 32.1. The Bertz CT molecular complexity index is 839. The van der Waals surface area contributed by atoms with Gasteiger partial charge in [-0.1, -0.05) is 51.7 Å². The van der Waals surface area contributed by atoms with Crippen LogP contribution in [0.2, 0.25) is 0 Å². The molecule has 0 saturated heterocycles. The number of unbranched alkanes of at least 4 members (excludes halogenated alkanes) is 3. The number of amides is 1. The summed E-state index contributed by atoms with van der Waals surface area (Å²) >= 11 is 5.26. The molecule has 26 heavy (non-hydrogen) atoms. The second kappa shape index (κ2) is 10.3. The van der Waals surface area contributed by atoms with Crippen LogP contribution in [0, 0.1) is 10.7 Å². The van der Waals surface area contributed by atoms with Crippen LogP contribution in [0.1, 0.15) is 52.4 Å². The quantitative estimate of drug-likeness (QED) is 0.484. The molecular weight excluding hydrogens is 346 g/mol. The fourth-order valence-electron chi connectivity index (χ4n) is 2.96. The van der Waals surface area contributed by atoms with Crippen LogP contribution in [0.3, 0.4) is 0 Å². The van der Waals surface area contributed by atoms with E-state index in [0.717, 1.165) is 24.3 Å². The number of nitrogens with zero attached hydrogens (tertiary/aromatic N) is 1. The SMILES string of the molecule is CC(C)CCCCCCNC(=O)CCn1c(=S)[nH]c2ccccc2c1=O. The van der Waals surface area contributed by atoms with Gasteiger partial charge in [0, 0.05) is 19.5 Å². The number of aromatic amines is 1. The van der Waals surface area contributed by atoms with E-state index in [0.29, 0.717) is 23.2 Å². The maximum Gasteiger partial charge on any atom is 0.262 e. The molecule has 2 N–H and O–H groups in total. The van der Waals surface area contributed by atoms with Crippen molar-refractivity contribution in [3.63, 3.8) is 0 Å². The van der Waals surface area contributed by atoms with Gasteiger partial charge in [-0.25, -0.2) is 0 Å². The number of carbonyl (C=O) groups is 1. The minimum atomic E-state index is -0.151. The van der Waals surface area contributed by atoms with E-state index in [1.54, 1.807) is 6.07 Å². The standard InChI is InChI=1S/C20H29N3O2S/c1-15(2)9-5-3-4-8-13-21-18(24)12-14-23-19(25)16-10-6-7-11-17(16)22-20(23)26/h6-7,10-11,15H,3-5,8-9,12-14H2,1-2H3,(H,21,24)(H,22,26). The topological polar surface area (TPSA) is 66.9 Å². The van der Waals surface area contributed by atoms with Crippen molar-refractivity contribution >= 4 is 29.0 Å². The number of hydrogen-bond donors (Lipinski definition) is 2. The predicted molar refractivity (Wildman–Crippen MR) is 109 cm³/mol. The largest absolute Gasteiger partial charge is 0.356 e. The summed E-state index contributed by atoms with van der Waals surface area (Å²) in [6.07, 6.45) is 6.14. The molecule has 0 aliphatic carbocycles. The molecule has 0 aliphatic heterocycles. The van der Waals surface area contributed by atoms with Crippen LogP contribution < -0.4 is 10.9 Å². The van der Waals surface area contributed by atoms with Gasteiger partial charge in [0.25, 0.3) is 5.56 Å². The lowest BCUT2D eigenvalue weighted by Crippen LogP contribution is -2.28. The van der Waals surface area contributed by atoms with Crippen molar-refractivity contribution in [1.82, 2.24) is 14.9 Å². The van der Waals surface area contributed by atoms with E-state index in [1.807, 2.05) is 18.2 Å². The van der Waals surface area contributed by atoms with E-state index in [4.69, 9.17) is 12.2 Å². The zero-order valence-electron chi connectivity index (χ0n) is 15.7. The molecule has 0 spiro atoms. The molecule has 1 amide bonds. The smallest absolute Gasteiger partial charge is 0.262 e. The van der Waals surface area contributed by atoms with Crippen molar-refractivity contribution in [3.8, 4) is 0 Å². The zero-order chi connectivity index (χ0) is 18.9. The Kier molecular flexibility index (Phi) is 8.04. The van der Waals surface area contributed by atoms with Crippen molar-refractivity contribution < 1.29 is 4.79 Å². The summed E-state index contributed by atoms with van der Waals surface area (Å²) in [6, 6.07) is 7.26. The van der Waals surface area contributed by atoms with E-state index in [-0.39, 0.29) is 17.9 Å². The van der Waals surface area contributed by atoms with Gasteiger partial charge in [-0.15, -0.1) is 0 Å². The van der Waals surface area contributed by atoms with Crippen LogP contribution in [0.4, 0.5) is 0 Å². The normalized spacial score (nSPS) is 11.2. The first-order valence-electron chi connectivity index (χ1n) is 9.47. The molecule has 142 valence electrons. The third-order valence-electron chi connectivity index (χ3n) is 4.48. The van der Waals surface area contributed by atoms with Crippen LogP contribution in [0.15, 0.2) is 29.1 Å². The Morgan fingerprint density at radius 3 is 2.69 bits per heavy atom. The molecule has 1 heterocycles. The van der Waals surface area contributed by atoms with Crippen LogP contribution >= 0.6 is 12.2 Å². The Balaban J connectivity index is 1.77. The first-order chi connectivity index (χ1) is 12.5. The lowest BCUT2D eigenvalue weighted by Gasteiger charge is -2.09. The number of aromatic nitrogens is 2. The number of fused-ring (bicyclic) bond motifs is 1. The number of carbonyl (C=O) groups excluding carboxylic acids is 1. The maximum absolute atomic E-state index is 12.5. The summed E-state index contributed by atoms with van der Waals surface area (Å²) in [5.41, 5.74) is 0.572. The Morgan fingerprint density at radius 2 is 1.92 bits per heavy atom. The minimum Gasteiger partial charge on any atom is -0.356 e. The van der Waals surface area contributed by atoms with E-state index < -0.39 is 0 Å². The molecule has 1 aromatic carbocycles. The molecule has 2 rings (SSSR count). The van der Waals surface area contributed by atoms with Gasteiger partial charge in [-0.2, -0.15) is 0 Å². The molecule has 0 atom stereocenters. The van der Waals surface area contributed by atoms with E-state index in [1.165, 1.54) is 23.8 Å². The lowest BCUT2D eigenvalue weighted by molar-refractivity contribution is -0.121. The van der Waals surface area contributed by atoms with Crippen molar-refractivity contribution in [2.45, 2.75) is 58.9 Å². The summed E-state index contributed by atoms with van der Waals surface area (Å²) in [5.74, 6) is 0.723. The van der Waals surface area contributed by atoms with Crippen molar-refractivity contribution in [3.05, 3.63) is 39.4 Å². The van der Waals surface area contributed by atoms with Gasteiger partial charge in [0.15, 0.2) is 4.77 Å². The summed E-state index contributed by atoms with van der Waals surface area (Å²) in [4.78, 5) is 27.6. The summed E-state index contributed by atoms with van der Waals surface area (Å²) in [6.45, 7) is 5.47. The highest BCUT2D eigenvalue weighted by Crippen LogP contribution is 2.09. The average Bonchev–Trinajstić information content (AvgIpc) is 2.60. The number of rotatable bonds is 10. The fourth-order valence-corrected chi connectivity index (χ4v) is 3.25. The molecule has 0 bridgehead atoms. The van der Waals surface area contributed by atoms with E-state index in [2.05, 4.69) is 24.1 Å². The second-order valence-corrected chi connectivity index (χ2v) is 7.52. The van der Waals surface area contributed by atoms with Gasteiger partial charge in [0.1, 0.15) is 0 Å². The van der Waals surface area contributed by atoms with Crippen LogP contribution in [-0.2, 0) is 11.3 Å². The Hall–Kier alpha value is -1.95. The van der Waals surface area contributed by atoms with Gasteiger partial charge in [-0.05, 0) is 36.7 Å².